The molecule has 0 bridgehead atoms. The molecule has 1 unspecified atom stereocenters. The van der Waals surface area contributed by atoms with Crippen LogP contribution in [0.2, 0.25) is 5.02 Å². The first kappa shape index (κ1) is 15.4. The van der Waals surface area contributed by atoms with Crippen molar-refractivity contribution in [1.29, 1.82) is 0 Å². The highest BCUT2D eigenvalue weighted by atomic mass is 35.5. The predicted molar refractivity (Wildman–Crippen MR) is 72.2 cm³/mol. The third-order valence-electron chi connectivity index (χ3n) is 2.71. The van der Waals surface area contributed by atoms with Crippen LogP contribution in [0, 0.1) is 5.82 Å². The van der Waals surface area contributed by atoms with Crippen molar-refractivity contribution in [3.63, 3.8) is 0 Å². The van der Waals surface area contributed by atoms with Gasteiger partial charge in [0.2, 0.25) is 0 Å². The van der Waals surface area contributed by atoms with Crippen LogP contribution in [0.5, 0.6) is 0 Å². The van der Waals surface area contributed by atoms with E-state index >= 15 is 0 Å². The first-order valence-electron chi connectivity index (χ1n) is 5.64. The van der Waals surface area contributed by atoms with Gasteiger partial charge in [-0.1, -0.05) is 23.7 Å². The van der Waals surface area contributed by atoms with Crippen molar-refractivity contribution >= 4 is 21.4 Å². The van der Waals surface area contributed by atoms with E-state index in [9.17, 15) is 12.8 Å². The molecule has 0 aromatic heterocycles. The van der Waals surface area contributed by atoms with Gasteiger partial charge in [0.05, 0.1) is 5.02 Å². The molecule has 1 aromatic carbocycles. The van der Waals surface area contributed by atoms with Crippen LogP contribution in [0.4, 0.5) is 4.39 Å². The Morgan fingerprint density at radius 3 is 2.67 bits per heavy atom. The van der Waals surface area contributed by atoms with Crippen LogP contribution in [0.1, 0.15) is 24.4 Å². The first-order valence-corrected chi connectivity index (χ1v) is 8.08. The minimum absolute atomic E-state index is 0.0795. The van der Waals surface area contributed by atoms with Crippen molar-refractivity contribution in [2.75, 3.05) is 19.1 Å². The molecule has 1 atom stereocenters. The number of hydrogen-bond donors (Lipinski definition) is 1. The van der Waals surface area contributed by atoms with Crippen LogP contribution in [0.3, 0.4) is 0 Å². The summed E-state index contributed by atoms with van der Waals surface area (Å²) >= 11 is 5.72. The molecule has 1 rings (SSSR count). The van der Waals surface area contributed by atoms with Crippen LogP contribution < -0.4 is 5.32 Å². The lowest BCUT2D eigenvalue weighted by Gasteiger charge is -2.17. The van der Waals surface area contributed by atoms with Crippen LogP contribution in [0.25, 0.3) is 0 Å². The monoisotopic (exact) mass is 293 g/mol. The summed E-state index contributed by atoms with van der Waals surface area (Å²) in [5.41, 5.74) is 0.471. The Morgan fingerprint density at radius 1 is 1.44 bits per heavy atom. The Labute approximate surface area is 112 Å². The van der Waals surface area contributed by atoms with Gasteiger partial charge in [-0.25, -0.2) is 12.8 Å². The van der Waals surface area contributed by atoms with Gasteiger partial charge in [0.25, 0.3) is 0 Å². The van der Waals surface area contributed by atoms with Crippen LogP contribution in [-0.2, 0) is 9.84 Å². The molecule has 3 nitrogen and oxygen atoms in total. The van der Waals surface area contributed by atoms with Gasteiger partial charge < -0.3 is 5.32 Å². The van der Waals surface area contributed by atoms with E-state index < -0.39 is 15.7 Å². The quantitative estimate of drug-likeness (QED) is 0.877. The lowest BCUT2D eigenvalue weighted by atomic mass is 10.0. The van der Waals surface area contributed by atoms with Crippen LogP contribution in [0.15, 0.2) is 18.2 Å². The zero-order chi connectivity index (χ0) is 13.8. The van der Waals surface area contributed by atoms with Crippen molar-refractivity contribution in [1.82, 2.24) is 5.32 Å². The summed E-state index contributed by atoms with van der Waals surface area (Å²) in [6.07, 6.45) is 2.22. The zero-order valence-electron chi connectivity index (χ0n) is 10.4. The van der Waals surface area contributed by atoms with Crippen LogP contribution in [-0.4, -0.2) is 27.5 Å². The normalized spacial score (nSPS) is 13.6. The van der Waals surface area contributed by atoms with E-state index in [0.29, 0.717) is 18.4 Å². The summed E-state index contributed by atoms with van der Waals surface area (Å²) in [7, 11) is -1.26. The van der Waals surface area contributed by atoms with E-state index in [0.717, 1.165) is 0 Å². The second kappa shape index (κ2) is 6.50. The summed E-state index contributed by atoms with van der Waals surface area (Å²) in [6.45, 7) is 0. The average Bonchev–Trinajstić information content (AvgIpc) is 2.27. The third kappa shape index (κ3) is 4.55. The highest BCUT2D eigenvalue weighted by Gasteiger charge is 2.16. The van der Waals surface area contributed by atoms with Gasteiger partial charge in [0, 0.05) is 23.6 Å². The maximum Gasteiger partial charge on any atom is 0.147 e. The summed E-state index contributed by atoms with van der Waals surface area (Å²) < 4.78 is 35.9. The zero-order valence-corrected chi connectivity index (χ0v) is 12.0. The largest absolute Gasteiger partial charge is 0.313 e. The molecule has 0 aliphatic rings. The summed E-state index contributed by atoms with van der Waals surface area (Å²) in [4.78, 5) is 0. The Kier molecular flexibility index (Phi) is 5.56. The van der Waals surface area contributed by atoms with E-state index in [2.05, 4.69) is 5.32 Å². The lowest BCUT2D eigenvalue weighted by molar-refractivity contribution is 0.502. The van der Waals surface area contributed by atoms with E-state index in [1.165, 1.54) is 12.3 Å². The molecule has 0 spiro atoms. The molecule has 0 amide bonds. The molecule has 102 valence electrons. The Morgan fingerprint density at radius 2 is 2.11 bits per heavy atom. The van der Waals surface area contributed by atoms with Gasteiger partial charge in [-0.3, -0.25) is 0 Å². The number of hydrogen-bond acceptors (Lipinski definition) is 3. The standard InChI is InChI=1S/C12H17ClFNO2S/c1-15-11(7-4-8-18(2,16)17)9-5-3-6-10(13)12(9)14/h3,5-6,11,15H,4,7-8H2,1-2H3. The number of nitrogens with one attached hydrogen (secondary N) is 1. The molecule has 0 aliphatic heterocycles. The number of halogens is 2. The molecule has 6 heteroatoms. The fourth-order valence-electron chi connectivity index (χ4n) is 1.79. The Balaban J connectivity index is 2.75. The Bertz CT molecular complexity index is 505. The predicted octanol–water partition coefficient (Wildman–Crippen LogP) is 2.56. The van der Waals surface area contributed by atoms with Crippen molar-refractivity contribution < 1.29 is 12.8 Å². The molecule has 0 saturated heterocycles. The van der Waals surface area contributed by atoms with Gasteiger partial charge in [-0.05, 0) is 26.0 Å². The first-order chi connectivity index (χ1) is 8.35. The third-order valence-corrected chi connectivity index (χ3v) is 4.04. The molecular formula is C12H17ClFNO2S. The topological polar surface area (TPSA) is 46.2 Å². The molecule has 0 saturated carbocycles. The average molecular weight is 294 g/mol. The van der Waals surface area contributed by atoms with Gasteiger partial charge >= 0.3 is 0 Å². The molecular weight excluding hydrogens is 277 g/mol. The number of benzene rings is 1. The highest BCUT2D eigenvalue weighted by Crippen LogP contribution is 2.26. The molecule has 18 heavy (non-hydrogen) atoms. The summed E-state index contributed by atoms with van der Waals surface area (Å²) in [5.74, 6) is -0.342. The molecule has 0 heterocycles. The lowest BCUT2D eigenvalue weighted by Crippen LogP contribution is -2.19. The second-order valence-electron chi connectivity index (χ2n) is 4.26. The van der Waals surface area contributed by atoms with E-state index in [-0.39, 0.29) is 16.8 Å². The maximum atomic E-state index is 13.8. The molecule has 1 N–H and O–H groups in total. The van der Waals surface area contributed by atoms with Crippen LogP contribution >= 0.6 is 11.6 Å². The van der Waals surface area contributed by atoms with Gasteiger partial charge in [0.1, 0.15) is 15.7 Å². The van der Waals surface area contributed by atoms with Crippen molar-refractivity contribution in [2.24, 2.45) is 0 Å². The minimum atomic E-state index is -2.98. The molecule has 0 fully saturated rings. The maximum absolute atomic E-state index is 13.8. The molecule has 0 radical (unpaired) electrons. The van der Waals surface area contributed by atoms with Crippen molar-refractivity contribution in [2.45, 2.75) is 18.9 Å². The SMILES string of the molecule is CNC(CCCS(C)(=O)=O)c1cccc(Cl)c1F. The van der Waals surface area contributed by atoms with Crippen molar-refractivity contribution in [3.8, 4) is 0 Å². The Hall–Kier alpha value is -0.650. The molecule has 0 aliphatic carbocycles. The van der Waals surface area contributed by atoms with Gasteiger partial charge in [0.15, 0.2) is 0 Å². The van der Waals surface area contributed by atoms with E-state index in [1.54, 1.807) is 19.2 Å². The van der Waals surface area contributed by atoms with Crippen molar-refractivity contribution in [3.05, 3.63) is 34.6 Å². The minimum Gasteiger partial charge on any atom is -0.313 e. The second-order valence-corrected chi connectivity index (χ2v) is 6.92. The fourth-order valence-corrected chi connectivity index (χ4v) is 2.67. The molecule has 1 aromatic rings. The number of sulfone groups is 1. The van der Waals surface area contributed by atoms with Gasteiger partial charge in [-0.2, -0.15) is 0 Å². The fraction of sp³-hybridized carbons (Fsp3) is 0.500. The van der Waals surface area contributed by atoms with E-state index in [4.69, 9.17) is 11.6 Å². The summed E-state index contributed by atoms with van der Waals surface area (Å²) in [5, 5.41) is 3.06. The van der Waals surface area contributed by atoms with E-state index in [1.807, 2.05) is 0 Å². The van der Waals surface area contributed by atoms with Gasteiger partial charge in [-0.15, -0.1) is 0 Å². The smallest absolute Gasteiger partial charge is 0.147 e. The number of rotatable bonds is 6. The summed E-state index contributed by atoms with van der Waals surface area (Å²) in [6, 6.07) is 4.60. The highest BCUT2D eigenvalue weighted by molar-refractivity contribution is 7.90.